The highest BCUT2D eigenvalue weighted by atomic mass is 16.5. The number of pyridine rings is 1. The van der Waals surface area contributed by atoms with Crippen LogP contribution in [0.5, 0.6) is 6.01 Å². The van der Waals surface area contributed by atoms with Crippen molar-refractivity contribution in [2.75, 3.05) is 11.9 Å². The van der Waals surface area contributed by atoms with Crippen LogP contribution >= 0.6 is 0 Å². The zero-order valence-electron chi connectivity index (χ0n) is 18.0. The largest absolute Gasteiger partial charge is 0.481 e. The van der Waals surface area contributed by atoms with Crippen LogP contribution in [0.25, 0.3) is 16.6 Å². The summed E-state index contributed by atoms with van der Waals surface area (Å²) >= 11 is 0. The van der Waals surface area contributed by atoms with E-state index in [1.54, 1.807) is 24.9 Å². The first-order valence-electron chi connectivity index (χ1n) is 10.6. The second-order valence-corrected chi connectivity index (χ2v) is 7.46. The number of hydrogen-bond acceptors (Lipinski definition) is 6. The van der Waals surface area contributed by atoms with Gasteiger partial charge in [-0.15, -0.1) is 0 Å². The van der Waals surface area contributed by atoms with E-state index < -0.39 is 5.97 Å². The predicted octanol–water partition coefficient (Wildman–Crippen LogP) is 4.90. The molecule has 0 saturated heterocycles. The molecule has 3 heterocycles. The molecular formula is C24H25N5O3. The maximum atomic E-state index is 11.3. The molecule has 8 heteroatoms. The van der Waals surface area contributed by atoms with Gasteiger partial charge in [0.05, 0.1) is 49.1 Å². The molecule has 2 N–H and O–H groups in total. The number of hydrogen-bond donors (Lipinski definition) is 2. The SMILES string of the molecule is CCOc1ncc(Nc2cc(C(CC)CC(=O)O)ccc2-c2ccc3cncn3c2)cn1. The van der Waals surface area contributed by atoms with E-state index in [0.717, 1.165) is 34.3 Å². The summed E-state index contributed by atoms with van der Waals surface area (Å²) in [5, 5.41) is 12.7. The number of benzene rings is 1. The lowest BCUT2D eigenvalue weighted by molar-refractivity contribution is -0.137. The third-order valence-electron chi connectivity index (χ3n) is 5.33. The van der Waals surface area contributed by atoms with Crippen LogP contribution in [-0.2, 0) is 4.79 Å². The maximum absolute atomic E-state index is 11.3. The first-order valence-corrected chi connectivity index (χ1v) is 10.6. The van der Waals surface area contributed by atoms with Gasteiger partial charge in [0, 0.05) is 23.0 Å². The van der Waals surface area contributed by atoms with E-state index in [0.29, 0.717) is 18.3 Å². The fourth-order valence-corrected chi connectivity index (χ4v) is 3.70. The summed E-state index contributed by atoms with van der Waals surface area (Å²) in [5.41, 5.74) is 5.51. The van der Waals surface area contributed by atoms with Crippen molar-refractivity contribution in [2.24, 2.45) is 0 Å². The topological polar surface area (TPSA) is 102 Å². The van der Waals surface area contributed by atoms with Crippen molar-refractivity contribution < 1.29 is 14.6 Å². The van der Waals surface area contributed by atoms with Gasteiger partial charge in [-0.3, -0.25) is 4.79 Å². The Balaban J connectivity index is 1.74. The Labute approximate surface area is 185 Å². The number of aromatic nitrogens is 4. The number of fused-ring (bicyclic) bond motifs is 1. The number of carboxylic acids is 1. The highest BCUT2D eigenvalue weighted by molar-refractivity contribution is 5.82. The lowest BCUT2D eigenvalue weighted by Crippen LogP contribution is -2.06. The molecule has 4 rings (SSSR count). The van der Waals surface area contributed by atoms with Crippen LogP contribution in [-0.4, -0.2) is 37.0 Å². The Kier molecular flexibility index (Phi) is 6.30. The van der Waals surface area contributed by atoms with E-state index in [1.165, 1.54) is 0 Å². The predicted molar refractivity (Wildman–Crippen MR) is 122 cm³/mol. The molecule has 0 aliphatic heterocycles. The number of nitrogens with one attached hydrogen (secondary N) is 1. The highest BCUT2D eigenvalue weighted by Gasteiger charge is 2.17. The molecule has 0 aliphatic rings. The smallest absolute Gasteiger partial charge is 0.316 e. The fourth-order valence-electron chi connectivity index (χ4n) is 3.70. The molecule has 1 aromatic carbocycles. The minimum atomic E-state index is -0.805. The van der Waals surface area contributed by atoms with Crippen molar-refractivity contribution in [1.29, 1.82) is 0 Å². The standard InChI is InChI=1S/C24H25N5O3/c1-3-16(10-23(30)31)17-6-8-21(18-5-7-20-13-25-15-29(20)14-18)22(9-17)28-19-11-26-24(27-12-19)32-4-2/h5-9,11-16,28H,3-4,10H2,1-2H3,(H,30,31). The number of imidazole rings is 1. The molecule has 0 bridgehead atoms. The Bertz CT molecular complexity index is 1220. The minimum absolute atomic E-state index is 0.0743. The Hall–Kier alpha value is -3.94. The van der Waals surface area contributed by atoms with Gasteiger partial charge in [0.15, 0.2) is 0 Å². The molecule has 4 aromatic rings. The molecule has 1 atom stereocenters. The second kappa shape index (κ2) is 9.47. The lowest BCUT2D eigenvalue weighted by atomic mass is 9.91. The van der Waals surface area contributed by atoms with Gasteiger partial charge in [-0.1, -0.05) is 25.1 Å². The summed E-state index contributed by atoms with van der Waals surface area (Å²) in [4.78, 5) is 24.0. The van der Waals surface area contributed by atoms with Gasteiger partial charge in [0.25, 0.3) is 0 Å². The van der Waals surface area contributed by atoms with Crippen molar-refractivity contribution in [1.82, 2.24) is 19.4 Å². The van der Waals surface area contributed by atoms with Crippen LogP contribution in [0.4, 0.5) is 11.4 Å². The van der Waals surface area contributed by atoms with Crippen LogP contribution in [0.15, 0.2) is 61.4 Å². The number of carbonyl (C=O) groups is 1. The average molecular weight is 431 g/mol. The molecular weight excluding hydrogens is 406 g/mol. The summed E-state index contributed by atoms with van der Waals surface area (Å²) in [5.74, 6) is -0.879. The zero-order valence-corrected chi connectivity index (χ0v) is 18.0. The van der Waals surface area contributed by atoms with E-state index in [4.69, 9.17) is 4.74 Å². The van der Waals surface area contributed by atoms with Crippen LogP contribution in [0.2, 0.25) is 0 Å². The van der Waals surface area contributed by atoms with Crippen molar-refractivity contribution in [3.05, 3.63) is 67.0 Å². The number of ether oxygens (including phenoxy) is 1. The van der Waals surface area contributed by atoms with Crippen molar-refractivity contribution in [3.63, 3.8) is 0 Å². The fraction of sp³-hybridized carbons (Fsp3) is 0.250. The normalized spacial score (nSPS) is 11.9. The Morgan fingerprint density at radius 3 is 2.69 bits per heavy atom. The molecule has 1 unspecified atom stereocenters. The van der Waals surface area contributed by atoms with Gasteiger partial charge in [0.2, 0.25) is 0 Å². The highest BCUT2D eigenvalue weighted by Crippen LogP contribution is 2.35. The lowest BCUT2D eigenvalue weighted by Gasteiger charge is -2.18. The van der Waals surface area contributed by atoms with E-state index in [2.05, 4.69) is 20.3 Å². The molecule has 0 amide bonds. The first kappa shape index (κ1) is 21.3. The van der Waals surface area contributed by atoms with Crippen LogP contribution < -0.4 is 10.1 Å². The van der Waals surface area contributed by atoms with Gasteiger partial charge in [-0.05, 0) is 37.0 Å². The number of rotatable bonds is 9. The molecule has 0 fully saturated rings. The second-order valence-electron chi connectivity index (χ2n) is 7.46. The Morgan fingerprint density at radius 2 is 1.97 bits per heavy atom. The van der Waals surface area contributed by atoms with Crippen LogP contribution in [0.1, 0.15) is 38.2 Å². The van der Waals surface area contributed by atoms with Crippen LogP contribution in [0, 0.1) is 0 Å². The third kappa shape index (κ3) is 4.69. The summed E-state index contributed by atoms with van der Waals surface area (Å²) < 4.78 is 7.29. The number of aliphatic carboxylic acids is 1. The number of nitrogens with zero attached hydrogens (tertiary/aromatic N) is 4. The number of carboxylic acid groups (broad SMARTS) is 1. The van der Waals surface area contributed by atoms with E-state index in [-0.39, 0.29) is 12.3 Å². The van der Waals surface area contributed by atoms with Crippen LogP contribution in [0.3, 0.4) is 0 Å². The molecule has 0 spiro atoms. The summed E-state index contributed by atoms with van der Waals surface area (Å²) in [7, 11) is 0. The summed E-state index contributed by atoms with van der Waals surface area (Å²) in [6.45, 7) is 4.38. The third-order valence-corrected chi connectivity index (χ3v) is 5.33. The monoisotopic (exact) mass is 431 g/mol. The van der Waals surface area contributed by atoms with Gasteiger partial charge in [-0.25, -0.2) is 15.0 Å². The molecule has 0 radical (unpaired) electrons. The average Bonchev–Trinajstić information content (AvgIpc) is 3.27. The molecule has 8 nitrogen and oxygen atoms in total. The van der Waals surface area contributed by atoms with E-state index in [9.17, 15) is 9.90 Å². The number of anilines is 2. The quantitative estimate of drug-likeness (QED) is 0.388. The van der Waals surface area contributed by atoms with E-state index >= 15 is 0 Å². The molecule has 0 aliphatic carbocycles. The molecule has 3 aromatic heterocycles. The van der Waals surface area contributed by atoms with Gasteiger partial charge in [0.1, 0.15) is 0 Å². The van der Waals surface area contributed by atoms with Gasteiger partial charge in [-0.2, -0.15) is 0 Å². The van der Waals surface area contributed by atoms with Crippen molar-refractivity contribution in [2.45, 2.75) is 32.6 Å². The first-order chi connectivity index (χ1) is 15.6. The zero-order chi connectivity index (χ0) is 22.5. The van der Waals surface area contributed by atoms with Gasteiger partial charge < -0.3 is 19.6 Å². The summed E-state index contributed by atoms with van der Waals surface area (Å²) in [6, 6.07) is 10.4. The molecule has 164 valence electrons. The van der Waals surface area contributed by atoms with Crippen molar-refractivity contribution >= 4 is 22.9 Å². The van der Waals surface area contributed by atoms with Gasteiger partial charge >= 0.3 is 12.0 Å². The molecule has 0 saturated carbocycles. The Morgan fingerprint density at radius 1 is 1.16 bits per heavy atom. The molecule has 32 heavy (non-hydrogen) atoms. The minimum Gasteiger partial charge on any atom is -0.481 e. The van der Waals surface area contributed by atoms with Crippen molar-refractivity contribution in [3.8, 4) is 17.1 Å². The maximum Gasteiger partial charge on any atom is 0.316 e. The summed E-state index contributed by atoms with van der Waals surface area (Å²) in [6.07, 6.45) is 9.75. The van der Waals surface area contributed by atoms with E-state index in [1.807, 2.05) is 54.8 Å².